The number of nitrogens with zero attached hydrogens (tertiary/aromatic N) is 1. The first kappa shape index (κ1) is 16.8. The Balaban J connectivity index is 1.54. The van der Waals surface area contributed by atoms with Crippen LogP contribution < -0.4 is 10.6 Å². The van der Waals surface area contributed by atoms with Crippen LogP contribution in [0.5, 0.6) is 0 Å². The van der Waals surface area contributed by atoms with Gasteiger partial charge in [0.05, 0.1) is 0 Å². The van der Waals surface area contributed by atoms with Gasteiger partial charge in [-0.15, -0.1) is 0 Å². The monoisotopic (exact) mass is 353 g/mol. The van der Waals surface area contributed by atoms with E-state index in [2.05, 4.69) is 22.5 Å². The van der Waals surface area contributed by atoms with Gasteiger partial charge in [0.25, 0.3) is 5.91 Å². The highest BCUT2D eigenvalue weighted by molar-refractivity contribution is 6.05. The number of carbonyl (C=O) groups excluding carboxylic acids is 3. The lowest BCUT2D eigenvalue weighted by atomic mass is 10.0. The molecule has 2 unspecified atom stereocenters. The maximum Gasteiger partial charge on any atom is 0.255 e. The van der Waals surface area contributed by atoms with Crippen LogP contribution in [0, 0.1) is 11.8 Å². The minimum atomic E-state index is -1.01. The summed E-state index contributed by atoms with van der Waals surface area (Å²) in [5, 5.41) is 15.7. The number of β-amino-alcohol motifs (C(OH)–C–C–N with tert-alkyl or cyclic N) is 1. The summed E-state index contributed by atoms with van der Waals surface area (Å²) in [5.41, 5.74) is 1.08. The SMILES string of the molecule is O=C1CCC(N2Cc3cc(C#CC4(O)CCNC4)ccc3C2=O)C(=O)N1. The van der Waals surface area contributed by atoms with Crippen LogP contribution in [-0.2, 0) is 16.1 Å². The largest absolute Gasteiger partial charge is 0.376 e. The normalized spacial score (nSPS) is 27.8. The summed E-state index contributed by atoms with van der Waals surface area (Å²) in [6, 6.07) is 4.68. The molecule has 0 saturated carbocycles. The van der Waals surface area contributed by atoms with Gasteiger partial charge in [-0.2, -0.15) is 0 Å². The van der Waals surface area contributed by atoms with Crippen LogP contribution >= 0.6 is 0 Å². The molecule has 1 aromatic carbocycles. The number of rotatable bonds is 1. The van der Waals surface area contributed by atoms with Crippen molar-refractivity contribution in [2.75, 3.05) is 13.1 Å². The van der Waals surface area contributed by atoms with Crippen LogP contribution in [0.2, 0.25) is 0 Å². The van der Waals surface area contributed by atoms with E-state index in [-0.39, 0.29) is 18.2 Å². The van der Waals surface area contributed by atoms with Gasteiger partial charge >= 0.3 is 0 Å². The van der Waals surface area contributed by atoms with E-state index in [0.29, 0.717) is 31.5 Å². The Hall–Kier alpha value is -2.69. The summed E-state index contributed by atoms with van der Waals surface area (Å²) in [4.78, 5) is 37.5. The first-order valence-electron chi connectivity index (χ1n) is 8.69. The predicted molar refractivity (Wildman–Crippen MR) is 91.8 cm³/mol. The summed E-state index contributed by atoms with van der Waals surface area (Å²) in [6.07, 6.45) is 1.17. The van der Waals surface area contributed by atoms with E-state index >= 15 is 0 Å². The third-order valence-electron chi connectivity index (χ3n) is 5.10. The summed E-state index contributed by atoms with van der Waals surface area (Å²) >= 11 is 0. The molecule has 0 radical (unpaired) electrons. The van der Waals surface area contributed by atoms with E-state index < -0.39 is 17.6 Å². The van der Waals surface area contributed by atoms with Crippen molar-refractivity contribution < 1.29 is 19.5 Å². The third kappa shape index (κ3) is 2.98. The molecule has 26 heavy (non-hydrogen) atoms. The van der Waals surface area contributed by atoms with Gasteiger partial charge in [-0.3, -0.25) is 19.7 Å². The van der Waals surface area contributed by atoms with Gasteiger partial charge in [-0.1, -0.05) is 11.8 Å². The quantitative estimate of drug-likeness (QED) is 0.468. The molecule has 7 nitrogen and oxygen atoms in total. The topological polar surface area (TPSA) is 98.7 Å². The number of amides is 3. The molecule has 2 fully saturated rings. The Bertz CT molecular complexity index is 861. The fourth-order valence-corrected chi connectivity index (χ4v) is 3.63. The summed E-state index contributed by atoms with van der Waals surface area (Å²) < 4.78 is 0. The highest BCUT2D eigenvalue weighted by Gasteiger charge is 2.39. The van der Waals surface area contributed by atoms with Crippen molar-refractivity contribution in [3.8, 4) is 11.8 Å². The van der Waals surface area contributed by atoms with Crippen molar-refractivity contribution in [3.05, 3.63) is 34.9 Å². The van der Waals surface area contributed by atoms with Crippen LogP contribution in [0.15, 0.2) is 18.2 Å². The lowest BCUT2D eigenvalue weighted by Gasteiger charge is -2.29. The third-order valence-corrected chi connectivity index (χ3v) is 5.10. The Kier molecular flexibility index (Phi) is 4.02. The molecule has 3 amide bonds. The molecule has 0 aliphatic carbocycles. The van der Waals surface area contributed by atoms with Gasteiger partial charge in [0, 0.05) is 37.1 Å². The molecular formula is C19H19N3O4. The number of imide groups is 1. The van der Waals surface area contributed by atoms with Crippen LogP contribution in [0.1, 0.15) is 40.7 Å². The number of carbonyl (C=O) groups is 3. The molecule has 134 valence electrons. The lowest BCUT2D eigenvalue weighted by molar-refractivity contribution is -0.136. The predicted octanol–water partition coefficient (Wildman–Crippen LogP) is -0.476. The average Bonchev–Trinajstić information content (AvgIpc) is 3.18. The van der Waals surface area contributed by atoms with E-state index in [4.69, 9.17) is 0 Å². The van der Waals surface area contributed by atoms with Crippen molar-refractivity contribution in [2.24, 2.45) is 0 Å². The van der Waals surface area contributed by atoms with Gasteiger partial charge in [0.2, 0.25) is 11.8 Å². The van der Waals surface area contributed by atoms with Crippen molar-refractivity contribution in [2.45, 2.75) is 37.5 Å². The highest BCUT2D eigenvalue weighted by Crippen LogP contribution is 2.28. The zero-order valence-electron chi connectivity index (χ0n) is 14.2. The molecule has 3 aliphatic heterocycles. The lowest BCUT2D eigenvalue weighted by Crippen LogP contribution is -2.52. The zero-order valence-corrected chi connectivity index (χ0v) is 14.2. The van der Waals surface area contributed by atoms with Gasteiger partial charge in [0.1, 0.15) is 11.6 Å². The summed E-state index contributed by atoms with van der Waals surface area (Å²) in [5.74, 6) is 4.97. The maximum atomic E-state index is 12.6. The van der Waals surface area contributed by atoms with E-state index in [1.54, 1.807) is 12.1 Å². The molecule has 2 saturated heterocycles. The number of fused-ring (bicyclic) bond motifs is 1. The fourth-order valence-electron chi connectivity index (χ4n) is 3.63. The minimum absolute atomic E-state index is 0.201. The highest BCUT2D eigenvalue weighted by atomic mass is 16.3. The molecule has 1 aromatic rings. The maximum absolute atomic E-state index is 12.6. The van der Waals surface area contributed by atoms with Crippen LogP contribution in [-0.4, -0.2) is 52.5 Å². The first-order valence-corrected chi connectivity index (χ1v) is 8.69. The van der Waals surface area contributed by atoms with E-state index in [1.165, 1.54) is 4.90 Å². The van der Waals surface area contributed by atoms with Gasteiger partial charge in [-0.25, -0.2) is 0 Å². The van der Waals surface area contributed by atoms with E-state index in [9.17, 15) is 19.5 Å². The average molecular weight is 353 g/mol. The number of piperidine rings is 1. The summed E-state index contributed by atoms with van der Waals surface area (Å²) in [6.45, 7) is 1.51. The zero-order chi connectivity index (χ0) is 18.3. The molecular weight excluding hydrogens is 334 g/mol. The number of aliphatic hydroxyl groups is 1. The molecule has 0 spiro atoms. The second-order valence-corrected chi connectivity index (χ2v) is 6.98. The second kappa shape index (κ2) is 6.24. The molecule has 0 aromatic heterocycles. The van der Waals surface area contributed by atoms with E-state index in [1.807, 2.05) is 6.07 Å². The number of nitrogens with one attached hydrogen (secondary N) is 2. The molecule has 4 rings (SSSR count). The molecule has 3 heterocycles. The molecule has 3 aliphatic rings. The van der Waals surface area contributed by atoms with Crippen molar-refractivity contribution in [1.29, 1.82) is 0 Å². The van der Waals surface area contributed by atoms with Crippen molar-refractivity contribution in [1.82, 2.24) is 15.5 Å². The number of hydrogen-bond donors (Lipinski definition) is 3. The first-order chi connectivity index (χ1) is 12.5. The Morgan fingerprint density at radius 2 is 2.12 bits per heavy atom. The van der Waals surface area contributed by atoms with Crippen LogP contribution in [0.4, 0.5) is 0 Å². The van der Waals surface area contributed by atoms with E-state index in [0.717, 1.165) is 17.7 Å². The van der Waals surface area contributed by atoms with Gasteiger partial charge in [-0.05, 0) is 36.7 Å². The fraction of sp³-hybridized carbons (Fsp3) is 0.421. The standard InChI is InChI=1S/C19H19N3O4/c23-16-4-3-15(17(24)21-16)22-10-13-9-12(1-2-14(13)18(22)25)5-6-19(26)7-8-20-11-19/h1-2,9,15,20,26H,3-4,7-8,10-11H2,(H,21,23,24). The summed E-state index contributed by atoms with van der Waals surface area (Å²) in [7, 11) is 0. The van der Waals surface area contributed by atoms with Crippen molar-refractivity contribution >= 4 is 17.7 Å². The Labute approximate surface area is 150 Å². The molecule has 0 bridgehead atoms. The number of benzene rings is 1. The Morgan fingerprint density at radius 1 is 1.27 bits per heavy atom. The van der Waals surface area contributed by atoms with Gasteiger partial charge in [0.15, 0.2) is 0 Å². The second-order valence-electron chi connectivity index (χ2n) is 6.98. The smallest absolute Gasteiger partial charge is 0.255 e. The molecule has 3 N–H and O–H groups in total. The number of hydrogen-bond acceptors (Lipinski definition) is 5. The van der Waals surface area contributed by atoms with Crippen molar-refractivity contribution in [3.63, 3.8) is 0 Å². The van der Waals surface area contributed by atoms with Crippen LogP contribution in [0.3, 0.4) is 0 Å². The molecule has 7 heteroatoms. The van der Waals surface area contributed by atoms with Gasteiger partial charge < -0.3 is 15.3 Å². The minimum Gasteiger partial charge on any atom is -0.376 e. The Morgan fingerprint density at radius 3 is 2.85 bits per heavy atom. The molecule has 2 atom stereocenters. The van der Waals surface area contributed by atoms with Crippen LogP contribution in [0.25, 0.3) is 0 Å².